The molecule has 0 radical (unpaired) electrons. The Hall–Kier alpha value is -3.39. The van der Waals surface area contributed by atoms with Gasteiger partial charge in [0.15, 0.2) is 5.82 Å². The van der Waals surface area contributed by atoms with Gasteiger partial charge in [0.05, 0.1) is 11.3 Å². The van der Waals surface area contributed by atoms with Crippen LogP contribution in [0.2, 0.25) is 0 Å². The number of aromatic nitrogens is 2. The second-order valence-electron chi connectivity index (χ2n) is 4.76. The van der Waals surface area contributed by atoms with Crippen molar-refractivity contribution in [1.29, 1.82) is 0 Å². The van der Waals surface area contributed by atoms with Crippen LogP contribution >= 0.6 is 0 Å². The minimum atomic E-state index is 0.130. The summed E-state index contributed by atoms with van der Waals surface area (Å²) in [4.78, 5) is 4.01. The molecule has 1 heterocycles. The highest BCUT2D eigenvalue weighted by atomic mass is 16.3. The van der Waals surface area contributed by atoms with Crippen molar-refractivity contribution in [3.63, 3.8) is 0 Å². The predicted octanol–water partition coefficient (Wildman–Crippen LogP) is 3.33. The lowest BCUT2D eigenvalue weighted by molar-refractivity contribution is 0.477. The molecule has 0 aliphatic rings. The van der Waals surface area contributed by atoms with Gasteiger partial charge in [-0.05, 0) is 38.1 Å². The summed E-state index contributed by atoms with van der Waals surface area (Å²) < 4.78 is 0. The van der Waals surface area contributed by atoms with E-state index in [0.29, 0.717) is 16.8 Å². The molecule has 0 amide bonds. The molecule has 3 N–H and O–H groups in total. The van der Waals surface area contributed by atoms with E-state index in [1.165, 1.54) is 0 Å². The molecular formula is C19H18N4O. The van der Waals surface area contributed by atoms with Crippen molar-refractivity contribution in [1.82, 2.24) is 10.2 Å². The Labute approximate surface area is 141 Å². The van der Waals surface area contributed by atoms with Gasteiger partial charge in [-0.3, -0.25) is 4.99 Å². The Morgan fingerprint density at radius 3 is 2.75 bits per heavy atom. The van der Waals surface area contributed by atoms with E-state index in [2.05, 4.69) is 27.0 Å². The number of para-hydroxylation sites is 1. The zero-order chi connectivity index (χ0) is 17.4. The van der Waals surface area contributed by atoms with Crippen LogP contribution in [0.15, 0.2) is 59.2 Å². The van der Waals surface area contributed by atoms with Crippen LogP contribution in [0.1, 0.15) is 19.4 Å². The number of phenolic OH excluding ortho intramolecular Hbond substituents is 1. The molecule has 0 aliphatic heterocycles. The minimum absolute atomic E-state index is 0.130. The number of aromatic hydroxyl groups is 1. The fraction of sp³-hybridized carbons (Fsp3) is 0.105. The lowest BCUT2D eigenvalue weighted by Crippen LogP contribution is -1.99. The molecule has 1 aromatic heterocycles. The molecule has 5 nitrogen and oxygen atoms in total. The molecule has 0 unspecified atom stereocenters. The van der Waals surface area contributed by atoms with Crippen molar-refractivity contribution in [3.8, 4) is 28.8 Å². The number of phenols is 1. The zero-order valence-corrected chi connectivity index (χ0v) is 13.6. The number of benzene rings is 1. The second-order valence-corrected chi connectivity index (χ2v) is 4.76. The van der Waals surface area contributed by atoms with Gasteiger partial charge in [-0.15, -0.1) is 10.2 Å². The van der Waals surface area contributed by atoms with Gasteiger partial charge < -0.3 is 10.8 Å². The van der Waals surface area contributed by atoms with Gasteiger partial charge >= 0.3 is 0 Å². The van der Waals surface area contributed by atoms with Gasteiger partial charge in [0.2, 0.25) is 0 Å². The molecule has 0 bridgehead atoms. The average molecular weight is 318 g/mol. The van der Waals surface area contributed by atoms with Gasteiger partial charge in [0.1, 0.15) is 5.75 Å². The summed E-state index contributed by atoms with van der Waals surface area (Å²) in [7, 11) is 0. The summed E-state index contributed by atoms with van der Waals surface area (Å²) in [5.41, 5.74) is 8.31. The van der Waals surface area contributed by atoms with Gasteiger partial charge in [-0.25, -0.2) is 0 Å². The third kappa shape index (κ3) is 4.31. The van der Waals surface area contributed by atoms with Crippen LogP contribution in [0.3, 0.4) is 0 Å². The van der Waals surface area contributed by atoms with E-state index in [1.54, 1.807) is 36.7 Å². The molecule has 0 saturated carbocycles. The number of hydrogen-bond acceptors (Lipinski definition) is 5. The van der Waals surface area contributed by atoms with Crippen molar-refractivity contribution >= 4 is 12.0 Å². The summed E-state index contributed by atoms with van der Waals surface area (Å²) >= 11 is 0. The molecule has 0 saturated heterocycles. The van der Waals surface area contributed by atoms with Crippen LogP contribution in [-0.4, -0.2) is 21.5 Å². The minimum Gasteiger partial charge on any atom is -0.507 e. The number of aliphatic imine (C=N–C) groups is 1. The third-order valence-corrected chi connectivity index (χ3v) is 3.14. The van der Waals surface area contributed by atoms with Crippen LogP contribution in [-0.2, 0) is 0 Å². The standard InChI is InChI=1S/C19H18N4O/c1-3-14(11-12-21-4-2)9-10-15-13-17(22-23-19(15)20)16-7-5-6-8-18(16)24/h3-8,11-13,24H,1-2H3,(H2,20,23)/b12-11-,14-3-,21-4?. The van der Waals surface area contributed by atoms with Gasteiger partial charge in [0.25, 0.3) is 0 Å². The fourth-order valence-electron chi connectivity index (χ4n) is 1.88. The summed E-state index contributed by atoms with van der Waals surface area (Å²) in [6.45, 7) is 3.74. The molecule has 2 rings (SSSR count). The molecule has 0 atom stereocenters. The number of rotatable bonds is 3. The Morgan fingerprint density at radius 2 is 2.04 bits per heavy atom. The van der Waals surface area contributed by atoms with Gasteiger partial charge in [-0.1, -0.05) is 30.0 Å². The van der Waals surface area contributed by atoms with Crippen LogP contribution < -0.4 is 5.73 Å². The molecule has 5 heteroatoms. The number of hydrogen-bond donors (Lipinski definition) is 2. The third-order valence-electron chi connectivity index (χ3n) is 3.14. The summed E-state index contributed by atoms with van der Waals surface area (Å²) in [6.07, 6.45) is 7.05. The Balaban J connectivity index is 2.37. The topological polar surface area (TPSA) is 84.4 Å². The second kappa shape index (κ2) is 8.30. The van der Waals surface area contributed by atoms with Crippen molar-refractivity contribution in [2.24, 2.45) is 4.99 Å². The molecule has 1 aromatic carbocycles. The first-order valence-electron chi connectivity index (χ1n) is 7.40. The van der Waals surface area contributed by atoms with Crippen molar-refractivity contribution < 1.29 is 5.11 Å². The number of allylic oxidation sites excluding steroid dienone is 3. The fourth-order valence-corrected chi connectivity index (χ4v) is 1.88. The quantitative estimate of drug-likeness (QED) is 0.516. The largest absolute Gasteiger partial charge is 0.507 e. The van der Waals surface area contributed by atoms with E-state index in [9.17, 15) is 5.11 Å². The maximum absolute atomic E-state index is 9.93. The molecule has 24 heavy (non-hydrogen) atoms. The van der Waals surface area contributed by atoms with Crippen molar-refractivity contribution in [2.45, 2.75) is 13.8 Å². The molecule has 2 aromatic rings. The van der Waals surface area contributed by atoms with Crippen LogP contribution in [0.25, 0.3) is 11.3 Å². The first-order valence-corrected chi connectivity index (χ1v) is 7.40. The van der Waals surface area contributed by atoms with Crippen LogP contribution in [0.5, 0.6) is 5.75 Å². The number of nitrogens with two attached hydrogens (primary N) is 1. The Morgan fingerprint density at radius 1 is 1.25 bits per heavy atom. The average Bonchev–Trinajstić information content (AvgIpc) is 2.60. The lowest BCUT2D eigenvalue weighted by Gasteiger charge is -2.04. The Bertz CT molecular complexity index is 870. The van der Waals surface area contributed by atoms with Crippen LogP contribution in [0, 0.1) is 11.8 Å². The molecule has 0 spiro atoms. The van der Waals surface area contributed by atoms with E-state index in [-0.39, 0.29) is 11.6 Å². The highest BCUT2D eigenvalue weighted by molar-refractivity contribution is 5.69. The molecular weight excluding hydrogens is 300 g/mol. The lowest BCUT2D eigenvalue weighted by atomic mass is 10.1. The highest BCUT2D eigenvalue weighted by Gasteiger charge is 2.08. The van der Waals surface area contributed by atoms with Gasteiger partial charge in [0, 0.05) is 23.6 Å². The van der Waals surface area contributed by atoms with Crippen LogP contribution in [0.4, 0.5) is 5.82 Å². The van der Waals surface area contributed by atoms with Gasteiger partial charge in [-0.2, -0.15) is 0 Å². The normalized spacial score (nSPS) is 11.7. The maximum Gasteiger partial charge on any atom is 0.161 e. The van der Waals surface area contributed by atoms with E-state index in [1.807, 2.05) is 32.1 Å². The summed E-state index contributed by atoms with van der Waals surface area (Å²) in [5.74, 6) is 6.38. The van der Waals surface area contributed by atoms with Crippen molar-refractivity contribution in [3.05, 3.63) is 59.8 Å². The highest BCUT2D eigenvalue weighted by Crippen LogP contribution is 2.27. The van der Waals surface area contributed by atoms with E-state index in [4.69, 9.17) is 5.73 Å². The predicted molar refractivity (Wildman–Crippen MR) is 97.5 cm³/mol. The Kier molecular flexibility index (Phi) is 5.87. The smallest absolute Gasteiger partial charge is 0.161 e. The molecule has 0 aliphatic carbocycles. The summed E-state index contributed by atoms with van der Waals surface area (Å²) in [5, 5.41) is 17.9. The number of nitrogens with zero attached hydrogens (tertiary/aromatic N) is 3. The van der Waals surface area contributed by atoms with E-state index in [0.717, 1.165) is 5.57 Å². The SMILES string of the molecule is CC=N/C=C\C(C#Cc1cc(-c2ccccc2O)nnc1N)=C/C. The summed E-state index contributed by atoms with van der Waals surface area (Å²) in [6, 6.07) is 8.63. The molecule has 120 valence electrons. The van der Waals surface area contributed by atoms with E-state index < -0.39 is 0 Å². The van der Waals surface area contributed by atoms with Crippen molar-refractivity contribution in [2.75, 3.05) is 5.73 Å². The first-order chi connectivity index (χ1) is 11.7. The number of anilines is 1. The zero-order valence-electron chi connectivity index (χ0n) is 13.6. The monoisotopic (exact) mass is 318 g/mol. The van der Waals surface area contributed by atoms with E-state index >= 15 is 0 Å². The maximum atomic E-state index is 9.93. The molecule has 0 fully saturated rings. The number of nitrogen functional groups attached to an aromatic ring is 1. The first kappa shape index (κ1) is 17.0.